The second kappa shape index (κ2) is 13.8. The number of carbonyl (C=O) groups is 3. The molecule has 1 aromatic heterocycles. The molecule has 2 aromatic carbocycles. The number of aromatic nitrogens is 2. The minimum atomic E-state index is -0.541. The molecule has 194 valence electrons. The van der Waals surface area contributed by atoms with Crippen molar-refractivity contribution in [2.24, 2.45) is 0 Å². The number of amides is 2. The summed E-state index contributed by atoms with van der Waals surface area (Å²) in [5.41, 5.74) is 9.86. The highest BCUT2D eigenvalue weighted by atomic mass is 35.5. The van der Waals surface area contributed by atoms with Crippen molar-refractivity contribution in [1.29, 1.82) is 0 Å². The van der Waals surface area contributed by atoms with Crippen LogP contribution in [0.4, 0.5) is 34.5 Å². The molecule has 0 bridgehead atoms. The Morgan fingerprint density at radius 3 is 2.38 bits per heavy atom. The normalized spacial score (nSPS) is 10.0. The van der Waals surface area contributed by atoms with Crippen LogP contribution in [-0.4, -0.2) is 32.8 Å². The second-order valence-corrected chi connectivity index (χ2v) is 7.90. The van der Waals surface area contributed by atoms with Gasteiger partial charge in [0.25, 0.3) is 0 Å². The van der Waals surface area contributed by atoms with Gasteiger partial charge >= 0.3 is 0 Å². The third-order valence-corrected chi connectivity index (χ3v) is 5.19. The van der Waals surface area contributed by atoms with Gasteiger partial charge in [-0.05, 0) is 48.9 Å². The summed E-state index contributed by atoms with van der Waals surface area (Å²) < 4.78 is 0. The van der Waals surface area contributed by atoms with Crippen molar-refractivity contribution in [1.82, 2.24) is 15.4 Å². The van der Waals surface area contributed by atoms with Crippen LogP contribution in [-0.2, 0) is 9.59 Å². The molecular weight excluding hydrogens is 521 g/mol. The number of anilines is 6. The number of allylic oxidation sites excluding steroid dienone is 1. The summed E-state index contributed by atoms with van der Waals surface area (Å²) >= 11 is 6.25. The van der Waals surface area contributed by atoms with Crippen LogP contribution in [0.3, 0.4) is 0 Å². The summed E-state index contributed by atoms with van der Waals surface area (Å²) in [6.07, 6.45) is 3.10. The van der Waals surface area contributed by atoms with Crippen LogP contribution in [0, 0.1) is 0 Å². The van der Waals surface area contributed by atoms with E-state index in [9.17, 15) is 14.4 Å². The number of rotatable bonds is 11. The molecule has 0 radical (unpaired) electrons. The number of carbonyl (C=O) groups excluding carboxylic acids is 3. The summed E-state index contributed by atoms with van der Waals surface area (Å²) in [7, 11) is 0. The third-order valence-electron chi connectivity index (χ3n) is 4.91. The number of hydroxylamine groups is 1. The van der Waals surface area contributed by atoms with E-state index in [1.165, 1.54) is 17.8 Å². The van der Waals surface area contributed by atoms with Gasteiger partial charge in [-0.15, -0.1) is 12.4 Å². The zero-order chi connectivity index (χ0) is 26.1. The Morgan fingerprint density at radius 1 is 1.03 bits per heavy atom. The Labute approximate surface area is 223 Å². The lowest BCUT2D eigenvalue weighted by atomic mass is 10.1. The summed E-state index contributed by atoms with van der Waals surface area (Å²) in [5.74, 6) is -0.571. The van der Waals surface area contributed by atoms with Gasteiger partial charge in [0, 0.05) is 29.8 Å². The number of hydrogen-bond donors (Lipinski definition) is 6. The Kier molecular flexibility index (Phi) is 10.8. The van der Waals surface area contributed by atoms with E-state index in [-0.39, 0.29) is 59.4 Å². The Morgan fingerprint density at radius 2 is 1.70 bits per heavy atom. The average Bonchev–Trinajstić information content (AvgIpc) is 2.87. The minimum Gasteiger partial charge on any atom is -0.396 e. The zero-order valence-corrected chi connectivity index (χ0v) is 21.0. The fourth-order valence-corrected chi connectivity index (χ4v) is 3.23. The highest BCUT2D eigenvalue weighted by Gasteiger charge is 2.13. The molecule has 0 atom stereocenters. The number of nitrogens with two attached hydrogens (primary N) is 1. The van der Waals surface area contributed by atoms with Gasteiger partial charge in [0.15, 0.2) is 11.6 Å². The predicted octanol–water partition coefficient (Wildman–Crippen LogP) is 4.60. The van der Waals surface area contributed by atoms with Crippen LogP contribution in [0.2, 0.25) is 5.02 Å². The molecule has 1 heterocycles. The van der Waals surface area contributed by atoms with Crippen LogP contribution >= 0.6 is 24.0 Å². The number of ketones is 1. The van der Waals surface area contributed by atoms with E-state index >= 15 is 0 Å². The molecule has 7 N–H and O–H groups in total. The van der Waals surface area contributed by atoms with Gasteiger partial charge in [-0.2, -0.15) is 4.98 Å². The van der Waals surface area contributed by atoms with Crippen LogP contribution in [0.15, 0.2) is 61.3 Å². The van der Waals surface area contributed by atoms with Gasteiger partial charge in [0.05, 0.1) is 17.6 Å². The van der Waals surface area contributed by atoms with Crippen molar-refractivity contribution in [3.8, 4) is 0 Å². The van der Waals surface area contributed by atoms with Crippen LogP contribution in [0.25, 0.3) is 0 Å². The summed E-state index contributed by atoms with van der Waals surface area (Å²) in [6.45, 7) is 3.48. The highest BCUT2D eigenvalue weighted by Crippen LogP contribution is 2.30. The van der Waals surface area contributed by atoms with Crippen LogP contribution in [0.1, 0.15) is 29.6 Å². The van der Waals surface area contributed by atoms with Crippen molar-refractivity contribution in [3.05, 3.63) is 71.9 Å². The molecule has 2 amide bonds. The molecule has 0 aliphatic heterocycles. The van der Waals surface area contributed by atoms with E-state index in [1.807, 2.05) is 0 Å². The van der Waals surface area contributed by atoms with E-state index in [1.54, 1.807) is 42.5 Å². The quantitative estimate of drug-likeness (QED) is 0.0661. The maximum absolute atomic E-state index is 12.0. The van der Waals surface area contributed by atoms with Gasteiger partial charge in [0.2, 0.25) is 17.8 Å². The fraction of sp³-hybridized carbons (Fsp3) is 0.125. The van der Waals surface area contributed by atoms with Gasteiger partial charge in [0.1, 0.15) is 5.02 Å². The number of nitrogens with zero attached hydrogens (tertiary/aromatic N) is 2. The summed E-state index contributed by atoms with van der Waals surface area (Å²) in [6, 6.07) is 11.8. The first-order valence-electron chi connectivity index (χ1n) is 10.8. The van der Waals surface area contributed by atoms with Gasteiger partial charge in [-0.3, -0.25) is 19.6 Å². The maximum Gasteiger partial charge on any atom is 0.243 e. The number of halogens is 2. The Balaban J connectivity index is 0.00000481. The molecule has 13 heteroatoms. The van der Waals surface area contributed by atoms with Crippen LogP contribution in [0.5, 0.6) is 0 Å². The maximum atomic E-state index is 12.0. The molecule has 0 aliphatic carbocycles. The number of nitrogens with one attached hydrogen (secondary N) is 4. The number of hydrogen-bond acceptors (Lipinski definition) is 9. The highest BCUT2D eigenvalue weighted by molar-refractivity contribution is 6.33. The molecule has 0 saturated heterocycles. The predicted molar refractivity (Wildman–Crippen MR) is 145 cm³/mol. The number of benzene rings is 2. The number of nitrogen functional groups attached to an aromatic ring is 1. The monoisotopic (exact) mass is 545 g/mol. The van der Waals surface area contributed by atoms with Gasteiger partial charge in [-0.1, -0.05) is 24.2 Å². The van der Waals surface area contributed by atoms with E-state index < -0.39 is 5.91 Å². The standard InChI is InChI=1S/C24H24ClN7O4.ClH/c1-2-19(33)16-5-3-6-18(22(16)26)30-23-17(25)13-27-24(31-23)29-15-11-9-14(10-12-15)28-20(34)7-4-8-21(35)32-36;/h2-3,5-6,9-13,36H,1,4,7-8,26H2,(H,28,34)(H,32,35)(H2,27,29,30,31);1H. The van der Waals surface area contributed by atoms with Crippen molar-refractivity contribution in [2.45, 2.75) is 19.3 Å². The zero-order valence-electron chi connectivity index (χ0n) is 19.5. The first kappa shape index (κ1) is 29.0. The van der Waals surface area contributed by atoms with E-state index in [0.717, 1.165) is 0 Å². The van der Waals surface area contributed by atoms with Crippen molar-refractivity contribution < 1.29 is 19.6 Å². The first-order chi connectivity index (χ1) is 17.3. The van der Waals surface area contributed by atoms with Crippen molar-refractivity contribution >= 4 is 76.1 Å². The molecule has 0 unspecified atom stereocenters. The summed E-state index contributed by atoms with van der Waals surface area (Å²) in [5, 5.41) is 17.5. The molecule has 0 saturated carbocycles. The van der Waals surface area contributed by atoms with E-state index in [2.05, 4.69) is 32.5 Å². The fourth-order valence-electron chi connectivity index (χ4n) is 3.10. The number of para-hydroxylation sites is 1. The topological polar surface area (TPSA) is 171 Å². The molecule has 3 rings (SSSR count). The smallest absolute Gasteiger partial charge is 0.243 e. The first-order valence-corrected chi connectivity index (χ1v) is 11.1. The molecular formula is C24H25Cl2N7O4. The van der Waals surface area contributed by atoms with Gasteiger partial charge in [-0.25, -0.2) is 10.5 Å². The van der Waals surface area contributed by atoms with Crippen molar-refractivity contribution in [2.75, 3.05) is 21.7 Å². The molecule has 11 nitrogen and oxygen atoms in total. The largest absolute Gasteiger partial charge is 0.396 e. The molecule has 0 aliphatic rings. The summed E-state index contributed by atoms with van der Waals surface area (Å²) in [4.78, 5) is 43.5. The lowest BCUT2D eigenvalue weighted by Gasteiger charge is -2.13. The molecule has 37 heavy (non-hydrogen) atoms. The molecule has 3 aromatic rings. The Bertz CT molecular complexity index is 1290. The SMILES string of the molecule is C=CC(=O)c1cccc(Nc2nc(Nc3ccc(NC(=O)CCCC(=O)NO)cc3)ncc2Cl)c1N.Cl. The van der Waals surface area contributed by atoms with Crippen LogP contribution < -0.4 is 27.2 Å². The Hall–Kier alpha value is -4.19. The minimum absolute atomic E-state index is 0. The second-order valence-electron chi connectivity index (χ2n) is 7.49. The van der Waals surface area contributed by atoms with E-state index in [4.69, 9.17) is 22.5 Å². The molecule has 0 spiro atoms. The lowest BCUT2D eigenvalue weighted by molar-refractivity contribution is -0.129. The van der Waals surface area contributed by atoms with Crippen molar-refractivity contribution in [3.63, 3.8) is 0 Å². The third kappa shape index (κ3) is 8.17. The van der Waals surface area contributed by atoms with Gasteiger partial charge < -0.3 is 21.7 Å². The lowest BCUT2D eigenvalue weighted by Crippen LogP contribution is -2.19. The average molecular weight is 546 g/mol. The van der Waals surface area contributed by atoms with E-state index in [0.29, 0.717) is 29.0 Å². The molecule has 0 fully saturated rings.